The number of nitrogens with zero attached hydrogens (tertiary/aromatic N) is 1. The fourth-order valence-corrected chi connectivity index (χ4v) is 2.93. The first-order chi connectivity index (χ1) is 8.61. The molecule has 2 aliphatic rings. The molecule has 1 saturated carbocycles. The van der Waals surface area contributed by atoms with Gasteiger partial charge in [0.05, 0.1) is 13.2 Å². The van der Waals surface area contributed by atoms with E-state index in [1.165, 1.54) is 0 Å². The molecule has 5 heteroatoms. The molecule has 0 aromatic carbocycles. The molecule has 5 nitrogen and oxygen atoms in total. The van der Waals surface area contributed by atoms with Gasteiger partial charge in [0.1, 0.15) is 0 Å². The van der Waals surface area contributed by atoms with Crippen LogP contribution in [0.3, 0.4) is 0 Å². The molecular weight excluding hydrogens is 234 g/mol. The second-order valence-electron chi connectivity index (χ2n) is 5.32. The van der Waals surface area contributed by atoms with Crippen LogP contribution < -0.4 is 0 Å². The van der Waals surface area contributed by atoms with Gasteiger partial charge < -0.3 is 19.5 Å². The molecule has 0 aromatic heterocycles. The first kappa shape index (κ1) is 13.8. The molecule has 1 saturated heterocycles. The van der Waals surface area contributed by atoms with Gasteiger partial charge in [0.15, 0.2) is 5.79 Å². The Morgan fingerprint density at radius 2 is 1.94 bits per heavy atom. The summed E-state index contributed by atoms with van der Waals surface area (Å²) in [6.07, 6.45) is 5.04. The van der Waals surface area contributed by atoms with Crippen LogP contribution in [0.4, 0.5) is 0 Å². The van der Waals surface area contributed by atoms with Crippen molar-refractivity contribution in [1.82, 2.24) is 4.90 Å². The molecule has 2 fully saturated rings. The van der Waals surface area contributed by atoms with E-state index in [9.17, 15) is 4.79 Å². The first-order valence-corrected chi connectivity index (χ1v) is 6.81. The van der Waals surface area contributed by atoms with E-state index in [0.29, 0.717) is 6.04 Å². The zero-order chi connectivity index (χ0) is 13.0. The van der Waals surface area contributed by atoms with Gasteiger partial charge in [-0.1, -0.05) is 0 Å². The molecule has 1 spiro atoms. The molecular formula is C13H23NO4. The van der Waals surface area contributed by atoms with Crippen LogP contribution in [-0.4, -0.2) is 54.6 Å². The SMILES string of the molecule is CN(CCCC(=O)O)C1CCC2(CC1)OCCO2. The maximum atomic E-state index is 10.5. The topological polar surface area (TPSA) is 59.0 Å². The average molecular weight is 257 g/mol. The van der Waals surface area contributed by atoms with Crippen molar-refractivity contribution in [2.75, 3.05) is 26.8 Å². The third-order valence-electron chi connectivity index (χ3n) is 4.06. The zero-order valence-electron chi connectivity index (χ0n) is 11.1. The Hall–Kier alpha value is -0.650. The molecule has 18 heavy (non-hydrogen) atoms. The average Bonchev–Trinajstić information content (AvgIpc) is 2.78. The molecule has 0 bridgehead atoms. The summed E-state index contributed by atoms with van der Waals surface area (Å²) in [5.74, 6) is -1.00. The van der Waals surface area contributed by atoms with E-state index >= 15 is 0 Å². The predicted molar refractivity (Wildman–Crippen MR) is 66.4 cm³/mol. The minimum absolute atomic E-state index is 0.257. The Labute approximate surface area is 108 Å². The summed E-state index contributed by atoms with van der Waals surface area (Å²) in [6.45, 7) is 2.30. The Morgan fingerprint density at radius 3 is 2.50 bits per heavy atom. The van der Waals surface area contributed by atoms with Gasteiger partial charge >= 0.3 is 5.97 Å². The van der Waals surface area contributed by atoms with Crippen molar-refractivity contribution in [2.24, 2.45) is 0 Å². The number of rotatable bonds is 5. The molecule has 0 radical (unpaired) electrons. The summed E-state index contributed by atoms with van der Waals surface area (Å²) >= 11 is 0. The van der Waals surface area contributed by atoms with Crippen LogP contribution in [-0.2, 0) is 14.3 Å². The van der Waals surface area contributed by atoms with Crippen molar-refractivity contribution in [3.05, 3.63) is 0 Å². The summed E-state index contributed by atoms with van der Waals surface area (Å²) in [6, 6.07) is 0.539. The van der Waals surface area contributed by atoms with E-state index in [1.807, 2.05) is 0 Å². The summed E-state index contributed by atoms with van der Waals surface area (Å²) in [5.41, 5.74) is 0. The van der Waals surface area contributed by atoms with Gasteiger partial charge in [0, 0.05) is 25.3 Å². The van der Waals surface area contributed by atoms with Crippen molar-refractivity contribution in [3.63, 3.8) is 0 Å². The second kappa shape index (κ2) is 5.99. The van der Waals surface area contributed by atoms with E-state index in [2.05, 4.69) is 11.9 Å². The van der Waals surface area contributed by atoms with Gasteiger partial charge in [-0.15, -0.1) is 0 Å². The normalized spacial score (nSPS) is 23.9. The van der Waals surface area contributed by atoms with E-state index in [-0.39, 0.29) is 12.2 Å². The highest BCUT2D eigenvalue weighted by molar-refractivity contribution is 5.66. The number of hydrogen-bond acceptors (Lipinski definition) is 4. The predicted octanol–water partition coefficient (Wildman–Crippen LogP) is 1.47. The minimum Gasteiger partial charge on any atom is -0.481 e. The Bertz CT molecular complexity index is 279. The maximum absolute atomic E-state index is 10.5. The van der Waals surface area contributed by atoms with Gasteiger partial charge in [-0.3, -0.25) is 4.79 Å². The molecule has 0 amide bonds. The first-order valence-electron chi connectivity index (χ1n) is 6.81. The quantitative estimate of drug-likeness (QED) is 0.808. The highest BCUT2D eigenvalue weighted by atomic mass is 16.7. The Balaban J connectivity index is 1.70. The van der Waals surface area contributed by atoms with Crippen LogP contribution in [0.25, 0.3) is 0 Å². The van der Waals surface area contributed by atoms with E-state index < -0.39 is 5.97 Å². The van der Waals surface area contributed by atoms with E-state index in [0.717, 1.165) is 51.9 Å². The summed E-state index contributed by atoms with van der Waals surface area (Å²) in [4.78, 5) is 12.8. The highest BCUT2D eigenvalue weighted by Gasteiger charge is 2.40. The molecule has 0 unspecified atom stereocenters. The molecule has 1 N–H and O–H groups in total. The lowest BCUT2D eigenvalue weighted by molar-refractivity contribution is -0.183. The number of carbonyl (C=O) groups is 1. The van der Waals surface area contributed by atoms with Gasteiger partial charge in [-0.2, -0.15) is 0 Å². The lowest BCUT2D eigenvalue weighted by atomic mass is 9.89. The molecule has 1 aliphatic carbocycles. The summed E-state index contributed by atoms with van der Waals surface area (Å²) in [7, 11) is 2.08. The van der Waals surface area contributed by atoms with Crippen LogP contribution in [0.5, 0.6) is 0 Å². The van der Waals surface area contributed by atoms with Crippen molar-refractivity contribution < 1.29 is 19.4 Å². The van der Waals surface area contributed by atoms with Crippen LogP contribution in [0.2, 0.25) is 0 Å². The molecule has 0 aromatic rings. The fraction of sp³-hybridized carbons (Fsp3) is 0.923. The standard InChI is InChI=1S/C13H23NO4/c1-14(8-2-3-12(15)16)11-4-6-13(7-5-11)17-9-10-18-13/h11H,2-10H2,1H3,(H,15,16). The van der Waals surface area contributed by atoms with Crippen LogP contribution >= 0.6 is 0 Å². The lowest BCUT2D eigenvalue weighted by Gasteiger charge is -2.39. The second-order valence-corrected chi connectivity index (χ2v) is 5.32. The van der Waals surface area contributed by atoms with Crippen molar-refractivity contribution in [1.29, 1.82) is 0 Å². The zero-order valence-corrected chi connectivity index (χ0v) is 11.1. The lowest BCUT2D eigenvalue weighted by Crippen LogP contribution is -2.43. The number of aliphatic carboxylic acids is 1. The van der Waals surface area contributed by atoms with Gasteiger partial charge in [0.25, 0.3) is 0 Å². The van der Waals surface area contributed by atoms with Crippen molar-refractivity contribution in [3.8, 4) is 0 Å². The van der Waals surface area contributed by atoms with Gasteiger partial charge in [0.2, 0.25) is 0 Å². The van der Waals surface area contributed by atoms with Crippen LogP contribution in [0, 0.1) is 0 Å². The third-order valence-corrected chi connectivity index (χ3v) is 4.06. The number of carboxylic acid groups (broad SMARTS) is 1. The summed E-state index contributed by atoms with van der Waals surface area (Å²) < 4.78 is 11.4. The number of hydrogen-bond donors (Lipinski definition) is 1. The Morgan fingerprint density at radius 1 is 1.33 bits per heavy atom. The van der Waals surface area contributed by atoms with Crippen LogP contribution in [0.1, 0.15) is 38.5 Å². The smallest absolute Gasteiger partial charge is 0.303 e. The third kappa shape index (κ3) is 3.43. The van der Waals surface area contributed by atoms with Crippen molar-refractivity contribution in [2.45, 2.75) is 50.4 Å². The van der Waals surface area contributed by atoms with E-state index in [1.54, 1.807) is 0 Å². The fourth-order valence-electron chi connectivity index (χ4n) is 2.93. The maximum Gasteiger partial charge on any atom is 0.303 e. The molecule has 1 aliphatic heterocycles. The monoisotopic (exact) mass is 257 g/mol. The molecule has 0 atom stereocenters. The number of carboxylic acids is 1. The Kier molecular flexibility index (Phi) is 4.59. The van der Waals surface area contributed by atoms with Crippen LogP contribution in [0.15, 0.2) is 0 Å². The van der Waals surface area contributed by atoms with E-state index in [4.69, 9.17) is 14.6 Å². The van der Waals surface area contributed by atoms with Gasteiger partial charge in [-0.25, -0.2) is 0 Å². The molecule has 2 rings (SSSR count). The molecule has 1 heterocycles. The minimum atomic E-state index is -0.709. The highest BCUT2D eigenvalue weighted by Crippen LogP contribution is 2.37. The number of ether oxygens (including phenoxy) is 2. The van der Waals surface area contributed by atoms with Gasteiger partial charge in [-0.05, 0) is 32.9 Å². The summed E-state index contributed by atoms with van der Waals surface area (Å²) in [5, 5.41) is 8.62. The van der Waals surface area contributed by atoms with Crippen molar-refractivity contribution >= 4 is 5.97 Å². The molecule has 104 valence electrons. The largest absolute Gasteiger partial charge is 0.481 e.